The minimum absolute atomic E-state index is 0.0487. The number of benzene rings is 1. The largest absolute Gasteiger partial charge is 0.354 e. The zero-order valence-electron chi connectivity index (χ0n) is 12.2. The molecule has 0 spiro atoms. The Morgan fingerprint density at radius 3 is 2.55 bits per heavy atom. The number of carbonyl (C=O) groups is 1. The summed E-state index contributed by atoms with van der Waals surface area (Å²) < 4.78 is 0. The van der Waals surface area contributed by atoms with Gasteiger partial charge < -0.3 is 11.1 Å². The number of rotatable bonds is 6. The van der Waals surface area contributed by atoms with Gasteiger partial charge in [0.1, 0.15) is 0 Å². The standard InChI is InChI=1S/C16H25N3O/c1-13(11-17)16(20)18-12-15(19-9-5-6-10-19)14-7-3-2-4-8-14/h2-4,7-8,13,15H,5-6,9-12,17H2,1H3,(H,18,20). The topological polar surface area (TPSA) is 58.4 Å². The van der Waals surface area contributed by atoms with Crippen molar-refractivity contribution in [1.82, 2.24) is 10.2 Å². The molecular weight excluding hydrogens is 250 g/mol. The number of nitrogens with zero attached hydrogens (tertiary/aromatic N) is 1. The van der Waals surface area contributed by atoms with Crippen molar-refractivity contribution in [2.75, 3.05) is 26.2 Å². The van der Waals surface area contributed by atoms with Crippen LogP contribution in [0.1, 0.15) is 31.4 Å². The Labute approximate surface area is 121 Å². The number of hydrogen-bond donors (Lipinski definition) is 2. The summed E-state index contributed by atoms with van der Waals surface area (Å²) in [6.07, 6.45) is 2.49. The third-order valence-electron chi connectivity index (χ3n) is 4.04. The smallest absolute Gasteiger partial charge is 0.224 e. The van der Waals surface area contributed by atoms with Crippen molar-refractivity contribution in [2.24, 2.45) is 11.7 Å². The van der Waals surface area contributed by atoms with E-state index in [0.717, 1.165) is 13.1 Å². The van der Waals surface area contributed by atoms with E-state index in [-0.39, 0.29) is 17.9 Å². The predicted octanol–water partition coefficient (Wildman–Crippen LogP) is 1.53. The molecular formula is C16H25N3O. The molecule has 0 aromatic heterocycles. The highest BCUT2D eigenvalue weighted by atomic mass is 16.1. The third kappa shape index (κ3) is 3.81. The first kappa shape index (κ1) is 15.0. The van der Waals surface area contributed by atoms with Crippen molar-refractivity contribution in [3.05, 3.63) is 35.9 Å². The second-order valence-corrected chi connectivity index (χ2v) is 5.55. The molecule has 1 aromatic rings. The van der Waals surface area contributed by atoms with Gasteiger partial charge in [-0.3, -0.25) is 9.69 Å². The first-order valence-corrected chi connectivity index (χ1v) is 7.49. The van der Waals surface area contributed by atoms with E-state index in [4.69, 9.17) is 5.73 Å². The van der Waals surface area contributed by atoms with E-state index in [1.54, 1.807) is 0 Å². The van der Waals surface area contributed by atoms with Crippen LogP contribution in [-0.2, 0) is 4.79 Å². The molecule has 4 nitrogen and oxygen atoms in total. The molecule has 20 heavy (non-hydrogen) atoms. The monoisotopic (exact) mass is 275 g/mol. The fourth-order valence-corrected chi connectivity index (χ4v) is 2.66. The van der Waals surface area contributed by atoms with Crippen LogP contribution in [0.25, 0.3) is 0 Å². The van der Waals surface area contributed by atoms with Crippen LogP contribution in [0, 0.1) is 5.92 Å². The van der Waals surface area contributed by atoms with Crippen molar-refractivity contribution < 1.29 is 4.79 Å². The zero-order chi connectivity index (χ0) is 14.4. The van der Waals surface area contributed by atoms with Gasteiger partial charge in [-0.1, -0.05) is 37.3 Å². The van der Waals surface area contributed by atoms with Crippen LogP contribution in [0.15, 0.2) is 30.3 Å². The van der Waals surface area contributed by atoms with Crippen LogP contribution in [0.5, 0.6) is 0 Å². The van der Waals surface area contributed by atoms with E-state index < -0.39 is 0 Å². The Balaban J connectivity index is 2.02. The van der Waals surface area contributed by atoms with E-state index in [0.29, 0.717) is 13.1 Å². The summed E-state index contributed by atoms with van der Waals surface area (Å²) in [5.41, 5.74) is 6.81. The first-order valence-electron chi connectivity index (χ1n) is 7.49. The molecule has 3 N–H and O–H groups in total. The number of nitrogens with two attached hydrogens (primary N) is 1. The van der Waals surface area contributed by atoms with Crippen LogP contribution in [0.2, 0.25) is 0 Å². The number of likely N-dealkylation sites (tertiary alicyclic amines) is 1. The maximum atomic E-state index is 11.9. The molecule has 4 heteroatoms. The molecule has 1 aliphatic heterocycles. The lowest BCUT2D eigenvalue weighted by Crippen LogP contribution is -2.40. The third-order valence-corrected chi connectivity index (χ3v) is 4.04. The Kier molecular flexibility index (Phi) is 5.56. The van der Waals surface area contributed by atoms with Crippen molar-refractivity contribution in [3.8, 4) is 0 Å². The van der Waals surface area contributed by atoms with Crippen LogP contribution < -0.4 is 11.1 Å². The van der Waals surface area contributed by atoms with Crippen LogP contribution >= 0.6 is 0 Å². The summed E-state index contributed by atoms with van der Waals surface area (Å²) in [6, 6.07) is 10.7. The SMILES string of the molecule is CC(CN)C(=O)NCC(c1ccccc1)N1CCCC1. The van der Waals surface area contributed by atoms with Gasteiger partial charge >= 0.3 is 0 Å². The zero-order valence-corrected chi connectivity index (χ0v) is 12.2. The number of hydrogen-bond acceptors (Lipinski definition) is 3. The molecule has 0 aliphatic carbocycles. The van der Waals surface area contributed by atoms with E-state index in [9.17, 15) is 4.79 Å². The van der Waals surface area contributed by atoms with Gasteiger partial charge in [-0.15, -0.1) is 0 Å². The van der Waals surface area contributed by atoms with Crippen molar-refractivity contribution in [2.45, 2.75) is 25.8 Å². The highest BCUT2D eigenvalue weighted by Gasteiger charge is 2.24. The minimum atomic E-state index is -0.120. The number of carbonyl (C=O) groups excluding carboxylic acids is 1. The van der Waals surface area contributed by atoms with Crippen molar-refractivity contribution in [1.29, 1.82) is 0 Å². The molecule has 0 saturated carbocycles. The Hall–Kier alpha value is -1.39. The highest BCUT2D eigenvalue weighted by Crippen LogP contribution is 2.24. The second-order valence-electron chi connectivity index (χ2n) is 5.55. The van der Waals surface area contributed by atoms with Crippen LogP contribution in [0.3, 0.4) is 0 Å². The van der Waals surface area contributed by atoms with Gasteiger partial charge in [0.05, 0.1) is 6.04 Å². The molecule has 2 unspecified atom stereocenters. The molecule has 1 fully saturated rings. The van der Waals surface area contributed by atoms with Crippen LogP contribution in [-0.4, -0.2) is 37.0 Å². The van der Waals surface area contributed by atoms with Gasteiger partial charge in [0.25, 0.3) is 0 Å². The lowest BCUT2D eigenvalue weighted by Gasteiger charge is -2.28. The van der Waals surface area contributed by atoms with Crippen molar-refractivity contribution >= 4 is 5.91 Å². The fraction of sp³-hybridized carbons (Fsp3) is 0.562. The number of nitrogens with one attached hydrogen (secondary N) is 1. The first-order chi connectivity index (χ1) is 9.72. The second kappa shape index (κ2) is 7.41. The van der Waals surface area contributed by atoms with Gasteiger partial charge in [0, 0.05) is 19.0 Å². The highest BCUT2D eigenvalue weighted by molar-refractivity contribution is 5.78. The van der Waals surface area contributed by atoms with E-state index in [1.807, 2.05) is 13.0 Å². The molecule has 1 amide bonds. The summed E-state index contributed by atoms with van der Waals surface area (Å²) in [7, 11) is 0. The molecule has 0 radical (unpaired) electrons. The summed E-state index contributed by atoms with van der Waals surface area (Å²) in [6.45, 7) is 5.14. The quantitative estimate of drug-likeness (QED) is 0.828. The summed E-state index contributed by atoms with van der Waals surface area (Å²) in [5, 5.41) is 3.05. The lowest BCUT2D eigenvalue weighted by molar-refractivity contribution is -0.124. The van der Waals surface area contributed by atoms with E-state index in [1.165, 1.54) is 18.4 Å². The van der Waals surface area contributed by atoms with Gasteiger partial charge in [-0.2, -0.15) is 0 Å². The Morgan fingerprint density at radius 1 is 1.30 bits per heavy atom. The average molecular weight is 275 g/mol. The summed E-state index contributed by atoms with van der Waals surface area (Å²) in [5.74, 6) is -0.0716. The minimum Gasteiger partial charge on any atom is -0.354 e. The van der Waals surface area contributed by atoms with E-state index >= 15 is 0 Å². The molecule has 2 atom stereocenters. The molecule has 1 saturated heterocycles. The Bertz CT molecular complexity index is 415. The molecule has 110 valence electrons. The Morgan fingerprint density at radius 2 is 1.95 bits per heavy atom. The van der Waals surface area contributed by atoms with Gasteiger partial charge in [0.15, 0.2) is 0 Å². The van der Waals surface area contributed by atoms with Gasteiger partial charge in [-0.05, 0) is 31.5 Å². The molecule has 1 heterocycles. The molecule has 2 rings (SSSR count). The maximum absolute atomic E-state index is 11.9. The normalized spacial score (nSPS) is 18.7. The lowest BCUT2D eigenvalue weighted by atomic mass is 10.0. The predicted molar refractivity (Wildman–Crippen MR) is 81.2 cm³/mol. The molecule has 1 aliphatic rings. The molecule has 1 aromatic carbocycles. The maximum Gasteiger partial charge on any atom is 0.224 e. The number of amides is 1. The van der Waals surface area contributed by atoms with Crippen molar-refractivity contribution in [3.63, 3.8) is 0 Å². The van der Waals surface area contributed by atoms with Gasteiger partial charge in [0.2, 0.25) is 5.91 Å². The van der Waals surface area contributed by atoms with Crippen LogP contribution in [0.4, 0.5) is 0 Å². The van der Waals surface area contributed by atoms with Gasteiger partial charge in [-0.25, -0.2) is 0 Å². The summed E-state index contributed by atoms with van der Waals surface area (Å²) in [4.78, 5) is 14.4. The average Bonchev–Trinajstić information content (AvgIpc) is 3.01. The molecule has 0 bridgehead atoms. The summed E-state index contributed by atoms with van der Waals surface area (Å²) >= 11 is 0. The fourth-order valence-electron chi connectivity index (χ4n) is 2.66. The van der Waals surface area contributed by atoms with E-state index in [2.05, 4.69) is 34.5 Å².